The Hall–Kier alpha value is -3.27. The molecule has 7 nitrogen and oxygen atoms in total. The quantitative estimate of drug-likeness (QED) is 0.518. The largest absolute Gasteiger partial charge is 0.325 e. The second-order valence-electron chi connectivity index (χ2n) is 6.66. The average molecular weight is 445 g/mol. The van der Waals surface area contributed by atoms with Gasteiger partial charge in [0.2, 0.25) is 11.8 Å². The normalized spacial score (nSPS) is 10.7. The Morgan fingerprint density at radius 1 is 1.03 bits per heavy atom. The van der Waals surface area contributed by atoms with Crippen molar-refractivity contribution in [1.82, 2.24) is 14.8 Å². The Morgan fingerprint density at radius 2 is 1.81 bits per heavy atom. The molecule has 0 atom stereocenters. The molecule has 0 saturated heterocycles. The van der Waals surface area contributed by atoms with Gasteiger partial charge in [0.15, 0.2) is 16.8 Å². The van der Waals surface area contributed by atoms with E-state index >= 15 is 0 Å². The number of rotatable bonds is 8. The number of carbonyl (C=O) groups excluding carboxylic acids is 2. The van der Waals surface area contributed by atoms with Gasteiger partial charge in [-0.15, -0.1) is 10.2 Å². The van der Waals surface area contributed by atoms with E-state index in [1.165, 1.54) is 6.07 Å². The number of carbonyl (C=O) groups is 2. The predicted octanol–water partition coefficient (Wildman–Crippen LogP) is 3.57. The summed E-state index contributed by atoms with van der Waals surface area (Å²) in [5.41, 5.74) is 1.96. The third kappa shape index (κ3) is 5.88. The number of nitrogens with one attached hydrogen (secondary N) is 2. The van der Waals surface area contributed by atoms with Crippen LogP contribution in [-0.2, 0) is 29.5 Å². The number of halogens is 2. The van der Waals surface area contributed by atoms with E-state index < -0.39 is 17.5 Å². The summed E-state index contributed by atoms with van der Waals surface area (Å²) >= 11 is 1.12. The highest BCUT2D eigenvalue weighted by Crippen LogP contribution is 2.19. The van der Waals surface area contributed by atoms with Crippen molar-refractivity contribution >= 4 is 35.0 Å². The number of benzene rings is 2. The molecule has 2 N–H and O–H groups in total. The molecule has 0 aliphatic carbocycles. The van der Waals surface area contributed by atoms with Crippen molar-refractivity contribution in [2.45, 2.75) is 24.9 Å². The second kappa shape index (κ2) is 10.2. The molecule has 3 aromatic rings. The molecule has 0 aliphatic rings. The molecule has 0 bridgehead atoms. The third-order valence-electron chi connectivity index (χ3n) is 4.45. The highest BCUT2D eigenvalue weighted by Gasteiger charge is 2.15. The van der Waals surface area contributed by atoms with Gasteiger partial charge in [0.1, 0.15) is 5.82 Å². The van der Waals surface area contributed by atoms with Crippen molar-refractivity contribution in [1.29, 1.82) is 0 Å². The minimum absolute atomic E-state index is 0.0129. The summed E-state index contributed by atoms with van der Waals surface area (Å²) in [6.07, 6.45) is 0.830. The lowest BCUT2D eigenvalue weighted by molar-refractivity contribution is -0.116. The van der Waals surface area contributed by atoms with E-state index in [4.69, 9.17) is 0 Å². The van der Waals surface area contributed by atoms with Crippen molar-refractivity contribution in [2.24, 2.45) is 7.05 Å². The van der Waals surface area contributed by atoms with Gasteiger partial charge < -0.3 is 15.2 Å². The lowest BCUT2D eigenvalue weighted by Crippen LogP contribution is -2.18. The third-order valence-corrected chi connectivity index (χ3v) is 5.47. The highest BCUT2D eigenvalue weighted by atomic mass is 32.2. The number of para-hydroxylation sites is 1. The van der Waals surface area contributed by atoms with Gasteiger partial charge in [-0.05, 0) is 30.2 Å². The van der Waals surface area contributed by atoms with E-state index in [2.05, 4.69) is 20.8 Å². The van der Waals surface area contributed by atoms with Crippen molar-refractivity contribution in [3.05, 3.63) is 65.5 Å². The zero-order valence-corrected chi connectivity index (χ0v) is 17.8. The Balaban J connectivity index is 1.55. The molecule has 3 rings (SSSR count). The predicted molar refractivity (Wildman–Crippen MR) is 115 cm³/mol. The van der Waals surface area contributed by atoms with Crippen LogP contribution in [-0.4, -0.2) is 32.3 Å². The van der Waals surface area contributed by atoms with Gasteiger partial charge >= 0.3 is 0 Å². The minimum atomic E-state index is -1.04. The van der Waals surface area contributed by atoms with Crippen LogP contribution < -0.4 is 10.6 Å². The van der Waals surface area contributed by atoms with Crippen LogP contribution in [0.5, 0.6) is 0 Å². The van der Waals surface area contributed by atoms with Gasteiger partial charge in [-0.2, -0.15) is 0 Å². The topological polar surface area (TPSA) is 88.9 Å². The summed E-state index contributed by atoms with van der Waals surface area (Å²) in [7, 11) is 1.71. The first-order valence-corrected chi connectivity index (χ1v) is 10.5. The van der Waals surface area contributed by atoms with E-state index in [1.54, 1.807) is 11.6 Å². The number of anilines is 2. The summed E-state index contributed by atoms with van der Waals surface area (Å²) in [4.78, 5) is 24.5. The van der Waals surface area contributed by atoms with Crippen molar-refractivity contribution < 1.29 is 18.4 Å². The molecule has 0 unspecified atom stereocenters. The molecule has 0 spiro atoms. The van der Waals surface area contributed by atoms with E-state index in [-0.39, 0.29) is 23.8 Å². The first kappa shape index (κ1) is 22.4. The molecule has 0 radical (unpaired) electrons. The van der Waals surface area contributed by atoms with Gasteiger partial charge in [0, 0.05) is 24.5 Å². The Bertz CT molecular complexity index is 1100. The molecule has 10 heteroatoms. The fourth-order valence-electron chi connectivity index (χ4n) is 2.81. The molecule has 1 aromatic heterocycles. The lowest BCUT2D eigenvalue weighted by atomic mass is 10.1. The zero-order valence-electron chi connectivity index (χ0n) is 17.0. The number of nitrogens with zero attached hydrogens (tertiary/aromatic N) is 3. The molecule has 162 valence electrons. The maximum absolute atomic E-state index is 13.2. The van der Waals surface area contributed by atoms with Gasteiger partial charge in [0.25, 0.3) is 0 Å². The van der Waals surface area contributed by atoms with Crippen molar-refractivity contribution in [3.8, 4) is 0 Å². The fraction of sp³-hybridized carbons (Fsp3) is 0.238. The number of hydrogen-bond acceptors (Lipinski definition) is 5. The van der Waals surface area contributed by atoms with Gasteiger partial charge in [-0.3, -0.25) is 9.59 Å². The van der Waals surface area contributed by atoms with Crippen LogP contribution in [0.2, 0.25) is 0 Å². The summed E-state index contributed by atoms with van der Waals surface area (Å²) < 4.78 is 27.8. The van der Waals surface area contributed by atoms with E-state index in [0.717, 1.165) is 41.6 Å². The van der Waals surface area contributed by atoms with Crippen LogP contribution in [0.1, 0.15) is 18.3 Å². The minimum Gasteiger partial charge on any atom is -0.325 e. The molecule has 31 heavy (non-hydrogen) atoms. The molecular weight excluding hydrogens is 424 g/mol. The van der Waals surface area contributed by atoms with Gasteiger partial charge in [-0.1, -0.05) is 36.9 Å². The van der Waals surface area contributed by atoms with E-state index in [0.29, 0.717) is 11.0 Å². The second-order valence-corrected chi connectivity index (χ2v) is 7.60. The summed E-state index contributed by atoms with van der Waals surface area (Å²) in [5.74, 6) is -2.21. The number of aryl methyl sites for hydroxylation is 1. The number of amides is 2. The smallest absolute Gasteiger partial charge is 0.234 e. The number of thioether (sulfide) groups is 1. The molecule has 2 aromatic carbocycles. The molecule has 0 fully saturated rings. The monoisotopic (exact) mass is 445 g/mol. The van der Waals surface area contributed by atoms with E-state index in [1.807, 2.05) is 31.2 Å². The maximum atomic E-state index is 13.2. The van der Waals surface area contributed by atoms with Crippen LogP contribution in [0.3, 0.4) is 0 Å². The van der Waals surface area contributed by atoms with Crippen LogP contribution in [0.25, 0.3) is 0 Å². The summed E-state index contributed by atoms with van der Waals surface area (Å²) in [6.45, 7) is 2.01. The van der Waals surface area contributed by atoms with Gasteiger partial charge in [0.05, 0.1) is 12.2 Å². The van der Waals surface area contributed by atoms with Crippen molar-refractivity contribution in [3.63, 3.8) is 0 Å². The zero-order chi connectivity index (χ0) is 22.4. The molecule has 0 aliphatic heterocycles. The first-order chi connectivity index (χ1) is 14.9. The molecule has 1 heterocycles. The molecular formula is C21H21F2N5O2S. The summed E-state index contributed by atoms with van der Waals surface area (Å²) in [5, 5.41) is 13.9. The summed E-state index contributed by atoms with van der Waals surface area (Å²) in [6, 6.07) is 10.7. The van der Waals surface area contributed by atoms with Crippen molar-refractivity contribution in [2.75, 3.05) is 16.4 Å². The van der Waals surface area contributed by atoms with Crippen LogP contribution in [0, 0.1) is 11.6 Å². The fourth-order valence-corrected chi connectivity index (χ4v) is 3.54. The average Bonchev–Trinajstić information content (AvgIpc) is 3.09. The SMILES string of the molecule is CCc1ccccc1NC(=O)Cc1nnc(SCC(=O)Nc2ccc(F)c(F)c2)n1C. The Kier molecular flexibility index (Phi) is 7.35. The highest BCUT2D eigenvalue weighted by molar-refractivity contribution is 7.99. The standard InChI is InChI=1S/C21H21F2N5O2S/c1-3-13-6-4-5-7-17(13)25-19(29)11-18-26-27-21(28(18)2)31-12-20(30)24-14-8-9-15(22)16(23)10-14/h4-10H,3,11-12H2,1-2H3,(H,24,30)(H,25,29). The lowest BCUT2D eigenvalue weighted by Gasteiger charge is -2.09. The molecule has 0 saturated carbocycles. The van der Waals surface area contributed by atoms with E-state index in [9.17, 15) is 18.4 Å². The Morgan fingerprint density at radius 3 is 2.55 bits per heavy atom. The van der Waals surface area contributed by atoms with Crippen LogP contribution in [0.15, 0.2) is 47.6 Å². The van der Waals surface area contributed by atoms with Crippen LogP contribution >= 0.6 is 11.8 Å². The molecule has 2 amide bonds. The first-order valence-electron chi connectivity index (χ1n) is 9.51. The maximum Gasteiger partial charge on any atom is 0.234 e. The number of hydrogen-bond donors (Lipinski definition) is 2. The Labute approximate surface area is 182 Å². The van der Waals surface area contributed by atoms with Gasteiger partial charge in [-0.25, -0.2) is 8.78 Å². The number of aromatic nitrogens is 3. The van der Waals surface area contributed by atoms with Crippen LogP contribution in [0.4, 0.5) is 20.2 Å².